The second-order valence-corrected chi connectivity index (χ2v) is 5.69. The Morgan fingerprint density at radius 1 is 0.783 bits per heavy atom. The first-order chi connectivity index (χ1) is 11.2. The van der Waals surface area contributed by atoms with Crippen molar-refractivity contribution in [3.8, 4) is 11.5 Å². The molecule has 128 valence electrons. The van der Waals surface area contributed by atoms with Crippen LogP contribution in [0.4, 0.5) is 0 Å². The number of ether oxygens (including phenoxy) is 2. The Hall–Kier alpha value is -1.84. The van der Waals surface area contributed by atoms with E-state index in [2.05, 4.69) is 6.92 Å². The highest BCUT2D eigenvalue weighted by Gasteiger charge is 2.08. The predicted octanol–water partition coefficient (Wildman–Crippen LogP) is 5.05. The quantitative estimate of drug-likeness (QED) is 0.325. The number of carbonyl (C=O) groups excluding carboxylic acids is 2. The van der Waals surface area contributed by atoms with Gasteiger partial charge in [0, 0.05) is 18.9 Å². The fourth-order valence-corrected chi connectivity index (χ4v) is 2.16. The summed E-state index contributed by atoms with van der Waals surface area (Å²) >= 11 is 0. The van der Waals surface area contributed by atoms with Crippen LogP contribution in [-0.2, 0) is 9.59 Å². The Balaban J connectivity index is 2.37. The van der Waals surface area contributed by atoms with E-state index in [9.17, 15) is 9.59 Å². The van der Waals surface area contributed by atoms with E-state index >= 15 is 0 Å². The Morgan fingerprint density at radius 3 is 1.87 bits per heavy atom. The van der Waals surface area contributed by atoms with Crippen LogP contribution in [-0.4, -0.2) is 11.9 Å². The lowest BCUT2D eigenvalue weighted by atomic mass is 10.1. The van der Waals surface area contributed by atoms with Crippen molar-refractivity contribution in [3.05, 3.63) is 24.3 Å². The van der Waals surface area contributed by atoms with Crippen molar-refractivity contribution in [1.82, 2.24) is 0 Å². The number of hydrogen-bond donors (Lipinski definition) is 0. The zero-order chi connectivity index (χ0) is 16.9. The summed E-state index contributed by atoms with van der Waals surface area (Å²) in [5.74, 6) is 0.339. The van der Waals surface area contributed by atoms with Crippen molar-refractivity contribution in [2.45, 2.75) is 71.6 Å². The third kappa shape index (κ3) is 9.01. The summed E-state index contributed by atoms with van der Waals surface area (Å²) in [7, 11) is 0. The van der Waals surface area contributed by atoms with E-state index in [1.165, 1.54) is 12.8 Å². The van der Waals surface area contributed by atoms with Gasteiger partial charge in [-0.2, -0.15) is 0 Å². The minimum absolute atomic E-state index is 0.240. The molecule has 23 heavy (non-hydrogen) atoms. The van der Waals surface area contributed by atoms with E-state index in [1.807, 2.05) is 6.92 Å². The smallest absolute Gasteiger partial charge is 0.311 e. The molecular weight excluding hydrogens is 292 g/mol. The monoisotopic (exact) mass is 320 g/mol. The van der Waals surface area contributed by atoms with Gasteiger partial charge in [-0.15, -0.1) is 0 Å². The number of carbonyl (C=O) groups is 2. The molecule has 1 aromatic carbocycles. The Kier molecular flexibility index (Phi) is 9.76. The van der Waals surface area contributed by atoms with Gasteiger partial charge in [-0.1, -0.05) is 52.0 Å². The molecule has 0 radical (unpaired) electrons. The molecule has 0 aliphatic carbocycles. The van der Waals surface area contributed by atoms with Crippen LogP contribution in [0.1, 0.15) is 71.6 Å². The van der Waals surface area contributed by atoms with Crippen molar-refractivity contribution in [2.75, 3.05) is 0 Å². The first kappa shape index (κ1) is 19.2. The van der Waals surface area contributed by atoms with Crippen LogP contribution in [0, 0.1) is 0 Å². The molecule has 0 aliphatic heterocycles. The van der Waals surface area contributed by atoms with Gasteiger partial charge in [0.25, 0.3) is 0 Å². The Bertz CT molecular complexity index is 482. The highest BCUT2D eigenvalue weighted by atomic mass is 16.5. The number of rotatable bonds is 11. The number of hydrogen-bond acceptors (Lipinski definition) is 4. The molecule has 0 unspecified atom stereocenters. The molecule has 1 aromatic rings. The molecule has 0 spiro atoms. The molecule has 0 fully saturated rings. The molecule has 0 aliphatic rings. The zero-order valence-electron chi connectivity index (χ0n) is 14.3. The van der Waals surface area contributed by atoms with E-state index in [0.29, 0.717) is 24.3 Å². The number of benzene rings is 1. The molecule has 0 atom stereocenters. The van der Waals surface area contributed by atoms with Crippen molar-refractivity contribution in [1.29, 1.82) is 0 Å². The standard InChI is InChI=1S/C19H28O4/c1-3-5-7-8-9-14-19(21)23-17-12-10-11-16(15-17)22-18(20)13-6-4-2/h10-12,15H,3-9,13-14H2,1-2H3. The molecular formula is C19H28O4. The highest BCUT2D eigenvalue weighted by Crippen LogP contribution is 2.21. The van der Waals surface area contributed by atoms with E-state index in [4.69, 9.17) is 9.47 Å². The maximum absolute atomic E-state index is 11.8. The van der Waals surface area contributed by atoms with Gasteiger partial charge >= 0.3 is 11.9 Å². The van der Waals surface area contributed by atoms with Crippen LogP contribution in [0.25, 0.3) is 0 Å². The number of unbranched alkanes of at least 4 members (excludes halogenated alkanes) is 5. The summed E-state index contributed by atoms with van der Waals surface area (Å²) in [6.07, 6.45) is 8.04. The topological polar surface area (TPSA) is 52.6 Å². The van der Waals surface area contributed by atoms with Gasteiger partial charge in [-0.3, -0.25) is 9.59 Å². The van der Waals surface area contributed by atoms with Crippen molar-refractivity contribution in [2.24, 2.45) is 0 Å². The fraction of sp³-hybridized carbons (Fsp3) is 0.579. The lowest BCUT2D eigenvalue weighted by Crippen LogP contribution is -2.09. The van der Waals surface area contributed by atoms with Gasteiger partial charge in [-0.25, -0.2) is 0 Å². The van der Waals surface area contributed by atoms with Crippen LogP contribution in [0.2, 0.25) is 0 Å². The molecule has 0 aromatic heterocycles. The predicted molar refractivity (Wildman–Crippen MR) is 90.6 cm³/mol. The van der Waals surface area contributed by atoms with Crippen molar-refractivity contribution < 1.29 is 19.1 Å². The lowest BCUT2D eigenvalue weighted by molar-refractivity contribution is -0.135. The molecule has 0 heterocycles. The average Bonchev–Trinajstić information content (AvgIpc) is 2.53. The van der Waals surface area contributed by atoms with Crippen molar-refractivity contribution in [3.63, 3.8) is 0 Å². The second kappa shape index (κ2) is 11.7. The largest absolute Gasteiger partial charge is 0.426 e. The van der Waals surface area contributed by atoms with Crippen LogP contribution in [0.3, 0.4) is 0 Å². The zero-order valence-corrected chi connectivity index (χ0v) is 14.3. The summed E-state index contributed by atoms with van der Waals surface area (Å²) in [6.45, 7) is 4.19. The molecule has 4 nitrogen and oxygen atoms in total. The second-order valence-electron chi connectivity index (χ2n) is 5.69. The lowest BCUT2D eigenvalue weighted by Gasteiger charge is -2.07. The molecule has 1 rings (SSSR count). The summed E-state index contributed by atoms with van der Waals surface area (Å²) in [5, 5.41) is 0. The van der Waals surface area contributed by atoms with Crippen LogP contribution < -0.4 is 9.47 Å². The third-order valence-electron chi connectivity index (χ3n) is 3.49. The maximum Gasteiger partial charge on any atom is 0.311 e. The minimum Gasteiger partial charge on any atom is -0.426 e. The van der Waals surface area contributed by atoms with Crippen molar-refractivity contribution >= 4 is 11.9 Å². The van der Waals surface area contributed by atoms with Gasteiger partial charge in [0.2, 0.25) is 0 Å². The summed E-state index contributed by atoms with van der Waals surface area (Å²) in [5.41, 5.74) is 0. The molecule has 0 saturated carbocycles. The maximum atomic E-state index is 11.8. The van der Waals surface area contributed by atoms with E-state index in [1.54, 1.807) is 24.3 Å². The highest BCUT2D eigenvalue weighted by molar-refractivity contribution is 5.74. The molecule has 0 bridgehead atoms. The Morgan fingerprint density at radius 2 is 1.30 bits per heavy atom. The normalized spacial score (nSPS) is 10.3. The third-order valence-corrected chi connectivity index (χ3v) is 3.49. The van der Waals surface area contributed by atoms with Crippen LogP contribution >= 0.6 is 0 Å². The first-order valence-corrected chi connectivity index (χ1v) is 8.67. The van der Waals surface area contributed by atoms with Gasteiger partial charge in [0.15, 0.2) is 0 Å². The molecule has 0 amide bonds. The first-order valence-electron chi connectivity index (χ1n) is 8.67. The number of esters is 2. The molecule has 0 saturated heterocycles. The van der Waals surface area contributed by atoms with Gasteiger partial charge in [-0.05, 0) is 25.0 Å². The van der Waals surface area contributed by atoms with Gasteiger partial charge < -0.3 is 9.47 Å². The average molecular weight is 320 g/mol. The van der Waals surface area contributed by atoms with Gasteiger partial charge in [0.05, 0.1) is 0 Å². The Labute approximate surface area is 139 Å². The molecule has 4 heteroatoms. The SMILES string of the molecule is CCCCCCCC(=O)Oc1cccc(OC(=O)CCCC)c1. The van der Waals surface area contributed by atoms with Gasteiger partial charge in [0.1, 0.15) is 11.5 Å². The van der Waals surface area contributed by atoms with E-state index in [-0.39, 0.29) is 11.9 Å². The summed E-state index contributed by atoms with van der Waals surface area (Å²) in [6, 6.07) is 6.68. The van der Waals surface area contributed by atoms with Crippen LogP contribution in [0.15, 0.2) is 24.3 Å². The van der Waals surface area contributed by atoms with Crippen LogP contribution in [0.5, 0.6) is 11.5 Å². The summed E-state index contributed by atoms with van der Waals surface area (Å²) < 4.78 is 10.5. The minimum atomic E-state index is -0.258. The molecule has 0 N–H and O–H groups in total. The van der Waals surface area contributed by atoms with E-state index in [0.717, 1.165) is 32.1 Å². The fourth-order valence-electron chi connectivity index (χ4n) is 2.16. The van der Waals surface area contributed by atoms with E-state index < -0.39 is 0 Å². The summed E-state index contributed by atoms with van der Waals surface area (Å²) in [4.78, 5) is 23.4.